The number of benzene rings is 2. The lowest BCUT2D eigenvalue weighted by atomic mass is 10.0. The largest absolute Gasteiger partial charge is 0.355 e. The summed E-state index contributed by atoms with van der Waals surface area (Å²) in [6.45, 7) is 5.16. The third-order valence-corrected chi connectivity index (χ3v) is 5.44. The maximum Gasteiger partial charge on any atom is 0.238 e. The maximum atomic E-state index is 13.2. The SMILES string of the molecule is CC(C)N(Cc1ccccc1)C(=O)C1(C(=O)NCCCc2ccccc2)CC1. The summed E-state index contributed by atoms with van der Waals surface area (Å²) in [5, 5.41) is 3.01. The summed E-state index contributed by atoms with van der Waals surface area (Å²) >= 11 is 0. The number of rotatable bonds is 9. The number of hydrogen-bond donors (Lipinski definition) is 1. The van der Waals surface area contributed by atoms with Crippen LogP contribution in [0, 0.1) is 5.41 Å². The fourth-order valence-electron chi connectivity index (χ4n) is 3.52. The van der Waals surface area contributed by atoms with Crippen molar-refractivity contribution in [2.45, 2.75) is 52.1 Å². The molecule has 1 N–H and O–H groups in total. The Bertz CT molecular complexity index is 783. The Morgan fingerprint density at radius 2 is 1.54 bits per heavy atom. The van der Waals surface area contributed by atoms with Crippen molar-refractivity contribution in [1.82, 2.24) is 10.2 Å². The molecule has 0 aliphatic heterocycles. The summed E-state index contributed by atoms with van der Waals surface area (Å²) < 4.78 is 0. The summed E-state index contributed by atoms with van der Waals surface area (Å²) in [5.41, 5.74) is 1.50. The Morgan fingerprint density at radius 1 is 0.964 bits per heavy atom. The molecule has 0 radical (unpaired) electrons. The van der Waals surface area contributed by atoms with Crippen molar-refractivity contribution in [2.75, 3.05) is 6.54 Å². The smallest absolute Gasteiger partial charge is 0.238 e. The van der Waals surface area contributed by atoms with Crippen molar-refractivity contribution in [3.63, 3.8) is 0 Å². The predicted octanol–water partition coefficient (Wildman–Crippen LogP) is 3.95. The summed E-state index contributed by atoms with van der Waals surface area (Å²) in [4.78, 5) is 27.9. The highest BCUT2D eigenvalue weighted by molar-refractivity contribution is 6.07. The van der Waals surface area contributed by atoms with Crippen LogP contribution in [-0.2, 0) is 22.6 Å². The van der Waals surface area contributed by atoms with E-state index in [-0.39, 0.29) is 17.9 Å². The molecule has 2 aromatic carbocycles. The Balaban J connectivity index is 1.55. The van der Waals surface area contributed by atoms with Crippen LogP contribution < -0.4 is 5.32 Å². The number of carbonyl (C=O) groups excluding carboxylic acids is 2. The van der Waals surface area contributed by atoms with Crippen LogP contribution in [0.4, 0.5) is 0 Å². The Labute approximate surface area is 167 Å². The van der Waals surface area contributed by atoms with Gasteiger partial charge in [-0.1, -0.05) is 60.7 Å². The molecule has 0 unspecified atom stereocenters. The van der Waals surface area contributed by atoms with Gasteiger partial charge < -0.3 is 10.2 Å². The van der Waals surface area contributed by atoms with Crippen LogP contribution in [0.5, 0.6) is 0 Å². The van der Waals surface area contributed by atoms with Gasteiger partial charge in [-0.2, -0.15) is 0 Å². The predicted molar refractivity (Wildman–Crippen MR) is 112 cm³/mol. The number of nitrogens with zero attached hydrogens (tertiary/aromatic N) is 1. The van der Waals surface area contributed by atoms with Crippen LogP contribution >= 0.6 is 0 Å². The Morgan fingerprint density at radius 3 is 2.07 bits per heavy atom. The van der Waals surface area contributed by atoms with Crippen LogP contribution in [0.25, 0.3) is 0 Å². The molecular formula is C24H30N2O2. The van der Waals surface area contributed by atoms with E-state index in [4.69, 9.17) is 0 Å². The molecule has 0 atom stereocenters. The van der Waals surface area contributed by atoms with Crippen LogP contribution in [0.2, 0.25) is 0 Å². The van der Waals surface area contributed by atoms with Crippen molar-refractivity contribution >= 4 is 11.8 Å². The monoisotopic (exact) mass is 378 g/mol. The second kappa shape index (κ2) is 9.05. The zero-order chi connectivity index (χ0) is 20.0. The summed E-state index contributed by atoms with van der Waals surface area (Å²) in [5.74, 6) is -0.142. The molecule has 0 spiro atoms. The van der Waals surface area contributed by atoms with Crippen molar-refractivity contribution in [3.8, 4) is 0 Å². The lowest BCUT2D eigenvalue weighted by Crippen LogP contribution is -2.47. The lowest BCUT2D eigenvalue weighted by molar-refractivity contribution is -0.146. The van der Waals surface area contributed by atoms with Crippen molar-refractivity contribution < 1.29 is 9.59 Å². The minimum Gasteiger partial charge on any atom is -0.355 e. The molecular weight excluding hydrogens is 348 g/mol. The summed E-state index contributed by atoms with van der Waals surface area (Å²) in [6, 6.07) is 20.3. The van der Waals surface area contributed by atoms with E-state index in [2.05, 4.69) is 17.4 Å². The highest BCUT2D eigenvalue weighted by Crippen LogP contribution is 2.48. The van der Waals surface area contributed by atoms with Crippen LogP contribution in [0.1, 0.15) is 44.2 Å². The maximum absolute atomic E-state index is 13.2. The third-order valence-electron chi connectivity index (χ3n) is 5.44. The van der Waals surface area contributed by atoms with Gasteiger partial charge >= 0.3 is 0 Å². The first-order chi connectivity index (χ1) is 13.5. The average Bonchev–Trinajstić information content (AvgIpc) is 3.52. The van der Waals surface area contributed by atoms with Gasteiger partial charge in [-0.05, 0) is 50.7 Å². The van der Waals surface area contributed by atoms with Gasteiger partial charge in [-0.25, -0.2) is 0 Å². The minimum atomic E-state index is -0.855. The summed E-state index contributed by atoms with van der Waals surface area (Å²) in [6.07, 6.45) is 3.09. The highest BCUT2D eigenvalue weighted by atomic mass is 16.2. The van der Waals surface area contributed by atoms with E-state index in [1.165, 1.54) is 5.56 Å². The molecule has 0 aromatic heterocycles. The van der Waals surface area contributed by atoms with E-state index in [0.29, 0.717) is 25.9 Å². The molecule has 0 bridgehead atoms. The standard InChI is InChI=1S/C24H30N2O2/c1-19(2)26(18-21-12-7-4-8-13-21)23(28)24(15-16-24)22(27)25-17-9-14-20-10-5-3-6-11-20/h3-8,10-13,19H,9,14-18H2,1-2H3,(H,25,27). The summed E-state index contributed by atoms with van der Waals surface area (Å²) in [7, 11) is 0. The van der Waals surface area contributed by atoms with E-state index in [1.54, 1.807) is 0 Å². The molecule has 28 heavy (non-hydrogen) atoms. The van der Waals surface area contributed by atoms with Gasteiger partial charge in [-0.3, -0.25) is 9.59 Å². The van der Waals surface area contributed by atoms with Gasteiger partial charge in [0.2, 0.25) is 11.8 Å². The minimum absolute atomic E-state index is 0.0353. The molecule has 148 valence electrons. The molecule has 0 saturated heterocycles. The molecule has 4 nitrogen and oxygen atoms in total. The number of aryl methyl sites for hydroxylation is 1. The van der Waals surface area contributed by atoms with E-state index in [1.807, 2.05) is 67.3 Å². The molecule has 0 heterocycles. The molecule has 2 aromatic rings. The van der Waals surface area contributed by atoms with E-state index >= 15 is 0 Å². The van der Waals surface area contributed by atoms with E-state index in [0.717, 1.165) is 18.4 Å². The zero-order valence-corrected chi connectivity index (χ0v) is 16.9. The number of hydrogen-bond acceptors (Lipinski definition) is 2. The second-order valence-electron chi connectivity index (χ2n) is 7.94. The van der Waals surface area contributed by atoms with Crippen LogP contribution in [-0.4, -0.2) is 29.3 Å². The van der Waals surface area contributed by atoms with Crippen LogP contribution in [0.15, 0.2) is 60.7 Å². The third kappa shape index (κ3) is 4.80. The highest BCUT2D eigenvalue weighted by Gasteiger charge is 2.58. The van der Waals surface area contributed by atoms with Crippen molar-refractivity contribution in [3.05, 3.63) is 71.8 Å². The van der Waals surface area contributed by atoms with Crippen LogP contribution in [0.3, 0.4) is 0 Å². The first-order valence-corrected chi connectivity index (χ1v) is 10.2. The van der Waals surface area contributed by atoms with E-state index in [9.17, 15) is 9.59 Å². The topological polar surface area (TPSA) is 49.4 Å². The molecule has 4 heteroatoms. The molecule has 2 amide bonds. The normalized spacial score (nSPS) is 14.5. The molecule has 3 rings (SSSR count). The first-order valence-electron chi connectivity index (χ1n) is 10.2. The van der Waals surface area contributed by atoms with Crippen molar-refractivity contribution in [2.24, 2.45) is 5.41 Å². The van der Waals surface area contributed by atoms with Gasteiger partial charge in [0.25, 0.3) is 0 Å². The first kappa shape index (κ1) is 20.1. The second-order valence-corrected chi connectivity index (χ2v) is 7.94. The van der Waals surface area contributed by atoms with Gasteiger partial charge in [0.1, 0.15) is 5.41 Å². The molecule has 1 aliphatic carbocycles. The fourth-order valence-corrected chi connectivity index (χ4v) is 3.52. The molecule has 1 fully saturated rings. The quantitative estimate of drug-likeness (QED) is 0.530. The van der Waals surface area contributed by atoms with Crippen molar-refractivity contribution in [1.29, 1.82) is 0 Å². The average molecular weight is 379 g/mol. The fraction of sp³-hybridized carbons (Fsp3) is 0.417. The van der Waals surface area contributed by atoms with Gasteiger partial charge in [0, 0.05) is 19.1 Å². The van der Waals surface area contributed by atoms with E-state index < -0.39 is 5.41 Å². The number of amides is 2. The van der Waals surface area contributed by atoms with Gasteiger partial charge in [0.05, 0.1) is 0 Å². The zero-order valence-electron chi connectivity index (χ0n) is 16.9. The van der Waals surface area contributed by atoms with Gasteiger partial charge in [0.15, 0.2) is 0 Å². The van der Waals surface area contributed by atoms with Gasteiger partial charge in [-0.15, -0.1) is 0 Å². The Kier molecular flexibility index (Phi) is 6.50. The number of nitrogens with one attached hydrogen (secondary N) is 1. The molecule has 1 saturated carbocycles. The number of carbonyl (C=O) groups is 2. The lowest BCUT2D eigenvalue weighted by Gasteiger charge is -2.30. The molecule has 1 aliphatic rings. The Hall–Kier alpha value is -2.62.